The van der Waals surface area contributed by atoms with Crippen LogP contribution >= 0.6 is 0 Å². The SMILES string of the molecule is O=C(O)C1(Nc2ncnc3ccccc23)CCC1. The Hall–Kier alpha value is -2.17. The molecular weight excluding hydrogens is 230 g/mol. The van der Waals surface area contributed by atoms with Crippen molar-refractivity contribution in [3.05, 3.63) is 30.6 Å². The van der Waals surface area contributed by atoms with Crippen LogP contribution in [-0.4, -0.2) is 26.6 Å². The van der Waals surface area contributed by atoms with Crippen molar-refractivity contribution in [3.8, 4) is 0 Å². The summed E-state index contributed by atoms with van der Waals surface area (Å²) in [6.45, 7) is 0. The highest BCUT2D eigenvalue weighted by Gasteiger charge is 2.44. The first-order valence-electron chi connectivity index (χ1n) is 5.93. The maximum absolute atomic E-state index is 11.3. The van der Waals surface area contributed by atoms with Gasteiger partial charge >= 0.3 is 5.97 Å². The van der Waals surface area contributed by atoms with E-state index in [1.165, 1.54) is 6.33 Å². The van der Waals surface area contributed by atoms with Gasteiger partial charge in [-0.25, -0.2) is 14.8 Å². The predicted molar refractivity (Wildman–Crippen MR) is 67.4 cm³/mol. The molecule has 2 N–H and O–H groups in total. The lowest BCUT2D eigenvalue weighted by Crippen LogP contribution is -2.52. The Morgan fingerprint density at radius 1 is 1.28 bits per heavy atom. The van der Waals surface area contributed by atoms with Gasteiger partial charge in [-0.2, -0.15) is 0 Å². The van der Waals surface area contributed by atoms with Crippen molar-refractivity contribution in [2.75, 3.05) is 5.32 Å². The number of fused-ring (bicyclic) bond motifs is 1. The summed E-state index contributed by atoms with van der Waals surface area (Å²) >= 11 is 0. The summed E-state index contributed by atoms with van der Waals surface area (Å²) in [6, 6.07) is 7.57. The lowest BCUT2D eigenvalue weighted by Gasteiger charge is -2.38. The summed E-state index contributed by atoms with van der Waals surface area (Å²) in [7, 11) is 0. The summed E-state index contributed by atoms with van der Waals surface area (Å²) in [6.07, 6.45) is 3.67. The monoisotopic (exact) mass is 243 g/mol. The van der Waals surface area contributed by atoms with Crippen LogP contribution in [0.4, 0.5) is 5.82 Å². The Labute approximate surface area is 104 Å². The van der Waals surface area contributed by atoms with Crippen molar-refractivity contribution >= 4 is 22.7 Å². The number of rotatable bonds is 3. The van der Waals surface area contributed by atoms with Gasteiger partial charge in [0.1, 0.15) is 17.7 Å². The van der Waals surface area contributed by atoms with Crippen LogP contribution in [0.15, 0.2) is 30.6 Å². The fraction of sp³-hybridized carbons (Fsp3) is 0.308. The number of hydrogen-bond donors (Lipinski definition) is 2. The molecule has 3 rings (SSSR count). The average molecular weight is 243 g/mol. The van der Waals surface area contributed by atoms with Crippen molar-refractivity contribution < 1.29 is 9.90 Å². The molecule has 1 heterocycles. The number of carbonyl (C=O) groups is 1. The van der Waals surface area contributed by atoms with E-state index in [0.717, 1.165) is 17.3 Å². The zero-order chi connectivity index (χ0) is 12.6. The van der Waals surface area contributed by atoms with Crippen molar-refractivity contribution in [1.29, 1.82) is 0 Å². The van der Waals surface area contributed by atoms with Gasteiger partial charge < -0.3 is 10.4 Å². The van der Waals surface area contributed by atoms with Gasteiger partial charge in [0, 0.05) is 5.39 Å². The molecule has 92 valence electrons. The first-order chi connectivity index (χ1) is 8.71. The molecule has 0 saturated heterocycles. The number of hydrogen-bond acceptors (Lipinski definition) is 4. The summed E-state index contributed by atoms with van der Waals surface area (Å²) in [5.74, 6) is -0.209. The number of carboxylic acids is 1. The topological polar surface area (TPSA) is 75.1 Å². The summed E-state index contributed by atoms with van der Waals surface area (Å²) in [5, 5.41) is 13.2. The van der Waals surface area contributed by atoms with Crippen LogP contribution in [0.5, 0.6) is 0 Å². The van der Waals surface area contributed by atoms with Crippen LogP contribution < -0.4 is 5.32 Å². The second-order valence-electron chi connectivity index (χ2n) is 4.61. The molecule has 0 bridgehead atoms. The van der Waals surface area contributed by atoms with Crippen molar-refractivity contribution in [1.82, 2.24) is 9.97 Å². The van der Waals surface area contributed by atoms with Crippen molar-refractivity contribution in [3.63, 3.8) is 0 Å². The molecule has 1 aliphatic rings. The molecule has 0 amide bonds. The molecule has 18 heavy (non-hydrogen) atoms. The molecule has 0 spiro atoms. The number of para-hydroxylation sites is 1. The van der Waals surface area contributed by atoms with E-state index in [1.54, 1.807) is 0 Å². The minimum atomic E-state index is -0.850. The maximum atomic E-state index is 11.3. The Balaban J connectivity index is 2.02. The van der Waals surface area contributed by atoms with Crippen molar-refractivity contribution in [2.24, 2.45) is 0 Å². The van der Waals surface area contributed by atoms with Gasteiger partial charge in [0.2, 0.25) is 0 Å². The summed E-state index contributed by atoms with van der Waals surface area (Å²) in [5.41, 5.74) is -0.0354. The van der Waals surface area contributed by atoms with E-state index in [1.807, 2.05) is 24.3 Å². The van der Waals surface area contributed by atoms with E-state index in [4.69, 9.17) is 0 Å². The third-order valence-corrected chi connectivity index (χ3v) is 3.52. The van der Waals surface area contributed by atoms with Gasteiger partial charge in [0.25, 0.3) is 0 Å². The van der Waals surface area contributed by atoms with Gasteiger partial charge in [-0.3, -0.25) is 0 Å². The number of benzene rings is 1. The average Bonchev–Trinajstić information content (AvgIpc) is 2.33. The smallest absolute Gasteiger partial charge is 0.329 e. The van der Waals surface area contributed by atoms with E-state index < -0.39 is 11.5 Å². The number of anilines is 1. The number of nitrogens with zero attached hydrogens (tertiary/aromatic N) is 2. The minimum absolute atomic E-state index is 0.600. The van der Waals surface area contributed by atoms with Crippen LogP contribution in [0.25, 0.3) is 10.9 Å². The molecule has 5 heteroatoms. The number of nitrogens with one attached hydrogen (secondary N) is 1. The zero-order valence-electron chi connectivity index (χ0n) is 9.76. The molecule has 2 aromatic rings. The summed E-state index contributed by atoms with van der Waals surface area (Å²) < 4.78 is 0. The third-order valence-electron chi connectivity index (χ3n) is 3.52. The van der Waals surface area contributed by atoms with Crippen LogP contribution in [0.1, 0.15) is 19.3 Å². The quantitative estimate of drug-likeness (QED) is 0.862. The fourth-order valence-electron chi connectivity index (χ4n) is 2.25. The van der Waals surface area contributed by atoms with Gasteiger partial charge in [-0.05, 0) is 31.4 Å². The van der Waals surface area contributed by atoms with Crippen LogP contribution in [0.3, 0.4) is 0 Å². The molecule has 0 radical (unpaired) electrons. The van der Waals surface area contributed by atoms with Crippen LogP contribution in [0, 0.1) is 0 Å². The molecule has 1 saturated carbocycles. The zero-order valence-corrected chi connectivity index (χ0v) is 9.76. The number of carboxylic acid groups (broad SMARTS) is 1. The first-order valence-corrected chi connectivity index (χ1v) is 5.93. The standard InChI is InChI=1S/C13H13N3O2/c17-12(18)13(6-3-7-13)16-11-9-4-1-2-5-10(9)14-8-15-11/h1-2,4-5,8H,3,6-7H2,(H,17,18)(H,14,15,16). The normalized spacial score (nSPS) is 17.1. The number of aromatic nitrogens is 2. The Morgan fingerprint density at radius 2 is 2.06 bits per heavy atom. The molecule has 1 aliphatic carbocycles. The maximum Gasteiger partial charge on any atom is 0.329 e. The van der Waals surface area contributed by atoms with Crippen molar-refractivity contribution in [2.45, 2.75) is 24.8 Å². The van der Waals surface area contributed by atoms with Gasteiger partial charge in [-0.1, -0.05) is 12.1 Å². The molecule has 0 aliphatic heterocycles. The van der Waals surface area contributed by atoms with E-state index >= 15 is 0 Å². The van der Waals surface area contributed by atoms with Gasteiger partial charge in [0.05, 0.1) is 5.52 Å². The molecular formula is C13H13N3O2. The van der Waals surface area contributed by atoms with Gasteiger partial charge in [0.15, 0.2) is 0 Å². The molecule has 1 aromatic heterocycles. The van der Waals surface area contributed by atoms with E-state index in [2.05, 4.69) is 15.3 Å². The second kappa shape index (κ2) is 3.94. The molecule has 0 atom stereocenters. The highest BCUT2D eigenvalue weighted by atomic mass is 16.4. The Morgan fingerprint density at radius 3 is 2.72 bits per heavy atom. The largest absolute Gasteiger partial charge is 0.480 e. The lowest BCUT2D eigenvalue weighted by molar-refractivity contribution is -0.145. The Kier molecular flexibility index (Phi) is 2.40. The van der Waals surface area contributed by atoms with E-state index in [9.17, 15) is 9.90 Å². The van der Waals surface area contributed by atoms with E-state index in [-0.39, 0.29) is 0 Å². The number of aliphatic carboxylic acids is 1. The van der Waals surface area contributed by atoms with Gasteiger partial charge in [-0.15, -0.1) is 0 Å². The third kappa shape index (κ3) is 1.59. The molecule has 1 fully saturated rings. The molecule has 0 unspecified atom stereocenters. The van der Waals surface area contributed by atoms with Crippen LogP contribution in [0.2, 0.25) is 0 Å². The minimum Gasteiger partial charge on any atom is -0.480 e. The molecule has 5 nitrogen and oxygen atoms in total. The summed E-state index contributed by atoms with van der Waals surface area (Å²) in [4.78, 5) is 19.7. The van der Waals surface area contributed by atoms with Crippen LogP contribution in [-0.2, 0) is 4.79 Å². The second-order valence-corrected chi connectivity index (χ2v) is 4.61. The highest BCUT2D eigenvalue weighted by Crippen LogP contribution is 2.36. The fourth-order valence-corrected chi connectivity index (χ4v) is 2.25. The Bertz CT molecular complexity index is 603. The highest BCUT2D eigenvalue weighted by molar-refractivity contribution is 5.92. The lowest BCUT2D eigenvalue weighted by atomic mass is 9.76. The van der Waals surface area contributed by atoms with E-state index in [0.29, 0.717) is 18.7 Å². The predicted octanol–water partition coefficient (Wildman–Crippen LogP) is 2.05. The molecule has 1 aromatic carbocycles. The first kappa shape index (κ1) is 11.0.